The lowest BCUT2D eigenvalue weighted by Gasteiger charge is -2.26. The Bertz CT molecular complexity index is 1170. The molecular formula is C22H21Cl2F3N4O3. The Kier molecular flexibility index (Phi) is 8.06. The Labute approximate surface area is 202 Å². The number of benzene rings is 2. The van der Waals surface area contributed by atoms with E-state index >= 15 is 0 Å². The molecule has 2 aromatic carbocycles. The second-order valence-electron chi connectivity index (χ2n) is 7.80. The van der Waals surface area contributed by atoms with E-state index in [1.807, 2.05) is 36.4 Å². The summed E-state index contributed by atoms with van der Waals surface area (Å²) in [6, 6.07) is 11.7. The van der Waals surface area contributed by atoms with Gasteiger partial charge in [0.15, 0.2) is 5.82 Å². The largest absolute Gasteiger partial charge is 0.490 e. The van der Waals surface area contributed by atoms with Crippen molar-refractivity contribution in [3.05, 3.63) is 46.4 Å². The number of rotatable bonds is 3. The number of nitrogens with zero attached hydrogens (tertiary/aromatic N) is 1. The lowest BCUT2D eigenvalue weighted by Crippen LogP contribution is -2.41. The SMILES string of the molecule is C[C@@H]1CC[C@@H](C(=O)Nc2n[nH]c3ccc(-c4c(Cl)cccc4Cl)cc23)CN1.O=C(O)C(F)(F)F. The molecule has 0 spiro atoms. The molecule has 1 amide bonds. The quantitative estimate of drug-likeness (QED) is 0.367. The predicted molar refractivity (Wildman–Crippen MR) is 124 cm³/mol. The highest BCUT2D eigenvalue weighted by Crippen LogP contribution is 2.36. The van der Waals surface area contributed by atoms with E-state index in [2.05, 4.69) is 27.8 Å². The summed E-state index contributed by atoms with van der Waals surface area (Å²) >= 11 is 12.7. The lowest BCUT2D eigenvalue weighted by atomic mass is 9.95. The van der Waals surface area contributed by atoms with Gasteiger partial charge in [-0.3, -0.25) is 9.89 Å². The summed E-state index contributed by atoms with van der Waals surface area (Å²) in [6.45, 7) is 2.83. The van der Waals surface area contributed by atoms with Crippen molar-refractivity contribution < 1.29 is 27.9 Å². The first kappa shape index (κ1) is 25.8. The van der Waals surface area contributed by atoms with Crippen LogP contribution in [0.2, 0.25) is 10.0 Å². The normalized spacial score (nSPS) is 18.2. The van der Waals surface area contributed by atoms with Gasteiger partial charge in [0.25, 0.3) is 0 Å². The number of hydrogen-bond acceptors (Lipinski definition) is 4. The highest BCUT2D eigenvalue weighted by Gasteiger charge is 2.38. The molecule has 2 heterocycles. The number of H-pyrrole nitrogens is 1. The second-order valence-corrected chi connectivity index (χ2v) is 8.62. The van der Waals surface area contributed by atoms with Gasteiger partial charge in [-0.25, -0.2) is 4.79 Å². The zero-order chi connectivity index (χ0) is 25.0. The van der Waals surface area contributed by atoms with E-state index in [0.29, 0.717) is 28.4 Å². The van der Waals surface area contributed by atoms with Crippen LogP contribution in [0.1, 0.15) is 19.8 Å². The molecule has 1 aromatic heterocycles. The van der Waals surface area contributed by atoms with Crippen LogP contribution in [0.5, 0.6) is 0 Å². The third-order valence-electron chi connectivity index (χ3n) is 5.33. The third-order valence-corrected chi connectivity index (χ3v) is 5.96. The highest BCUT2D eigenvalue weighted by molar-refractivity contribution is 6.39. The van der Waals surface area contributed by atoms with E-state index < -0.39 is 12.1 Å². The van der Waals surface area contributed by atoms with E-state index in [4.69, 9.17) is 33.1 Å². The number of carbonyl (C=O) groups is 2. The first-order valence-corrected chi connectivity index (χ1v) is 11.0. The molecule has 34 heavy (non-hydrogen) atoms. The molecule has 1 aliphatic rings. The van der Waals surface area contributed by atoms with Crippen LogP contribution < -0.4 is 10.6 Å². The molecule has 4 N–H and O–H groups in total. The molecule has 0 saturated carbocycles. The van der Waals surface area contributed by atoms with E-state index in [1.54, 1.807) is 0 Å². The minimum absolute atomic E-state index is 0.0102. The molecule has 1 saturated heterocycles. The number of hydrogen-bond donors (Lipinski definition) is 4. The van der Waals surface area contributed by atoms with Crippen LogP contribution in [0.15, 0.2) is 36.4 Å². The first-order chi connectivity index (χ1) is 16.0. The zero-order valence-electron chi connectivity index (χ0n) is 17.8. The topological polar surface area (TPSA) is 107 Å². The molecule has 0 aliphatic carbocycles. The molecule has 0 radical (unpaired) electrons. The van der Waals surface area contributed by atoms with Gasteiger partial charge in [0.1, 0.15) is 0 Å². The smallest absolute Gasteiger partial charge is 0.475 e. The highest BCUT2D eigenvalue weighted by atomic mass is 35.5. The second kappa shape index (κ2) is 10.6. The van der Waals surface area contributed by atoms with E-state index in [9.17, 15) is 18.0 Å². The van der Waals surface area contributed by atoms with Crippen LogP contribution in [0.3, 0.4) is 0 Å². The fourth-order valence-electron chi connectivity index (χ4n) is 3.48. The number of carbonyl (C=O) groups excluding carboxylic acids is 1. The fourth-order valence-corrected chi connectivity index (χ4v) is 4.10. The summed E-state index contributed by atoms with van der Waals surface area (Å²) in [7, 11) is 0. The third kappa shape index (κ3) is 6.19. The van der Waals surface area contributed by atoms with Gasteiger partial charge >= 0.3 is 12.1 Å². The number of aliphatic carboxylic acids is 1. The van der Waals surface area contributed by atoms with Crippen molar-refractivity contribution >= 4 is 51.8 Å². The number of fused-ring (bicyclic) bond motifs is 1. The Morgan fingerprint density at radius 3 is 2.35 bits per heavy atom. The zero-order valence-corrected chi connectivity index (χ0v) is 19.4. The van der Waals surface area contributed by atoms with Gasteiger partial charge in [0, 0.05) is 33.6 Å². The molecule has 0 unspecified atom stereocenters. The minimum atomic E-state index is -5.08. The Hall–Kier alpha value is -2.82. The number of aromatic nitrogens is 2. The minimum Gasteiger partial charge on any atom is -0.475 e. The van der Waals surface area contributed by atoms with Gasteiger partial charge in [0.05, 0.1) is 11.4 Å². The molecule has 1 aliphatic heterocycles. The molecule has 7 nitrogen and oxygen atoms in total. The molecule has 12 heteroatoms. The number of nitrogens with one attached hydrogen (secondary N) is 3. The maximum atomic E-state index is 12.6. The van der Waals surface area contributed by atoms with Gasteiger partial charge in [-0.05, 0) is 49.6 Å². The van der Waals surface area contributed by atoms with Crippen LogP contribution in [0.25, 0.3) is 22.0 Å². The van der Waals surface area contributed by atoms with Gasteiger partial charge in [-0.15, -0.1) is 0 Å². The predicted octanol–water partition coefficient (Wildman–Crippen LogP) is 5.50. The molecule has 3 aromatic rings. The van der Waals surface area contributed by atoms with E-state index in [-0.39, 0.29) is 11.8 Å². The number of amides is 1. The standard InChI is InChI=1S/C20H20Cl2N4O.C2HF3O2/c1-11-5-6-13(10-23-11)20(27)24-19-14-9-12(7-8-17(14)25-26-19)18-15(21)3-2-4-16(18)22;3-2(4,5)1(6)7/h2-4,7-9,11,13,23H,5-6,10H2,1H3,(H2,24,25,26,27);(H,6,7)/t11-,13-;/m1./s1. The summed E-state index contributed by atoms with van der Waals surface area (Å²) in [5, 5.41) is 22.7. The Balaban J connectivity index is 0.000000406. The number of carboxylic acid groups (broad SMARTS) is 1. The average molecular weight is 517 g/mol. The summed E-state index contributed by atoms with van der Waals surface area (Å²) in [5.41, 5.74) is 2.49. The number of carboxylic acids is 1. The van der Waals surface area contributed by atoms with Crippen molar-refractivity contribution in [1.82, 2.24) is 15.5 Å². The number of halogens is 5. The molecule has 0 bridgehead atoms. The first-order valence-electron chi connectivity index (χ1n) is 10.2. The summed E-state index contributed by atoms with van der Waals surface area (Å²) in [5.74, 6) is -2.29. The summed E-state index contributed by atoms with van der Waals surface area (Å²) < 4.78 is 31.7. The van der Waals surface area contributed by atoms with Gasteiger partial charge in [-0.1, -0.05) is 35.3 Å². The van der Waals surface area contributed by atoms with Crippen molar-refractivity contribution in [2.24, 2.45) is 5.92 Å². The maximum Gasteiger partial charge on any atom is 0.490 e. The van der Waals surface area contributed by atoms with E-state index in [1.165, 1.54) is 0 Å². The van der Waals surface area contributed by atoms with E-state index in [0.717, 1.165) is 34.9 Å². The summed E-state index contributed by atoms with van der Waals surface area (Å²) in [6.07, 6.45) is -3.21. The monoisotopic (exact) mass is 516 g/mol. The Morgan fingerprint density at radius 2 is 1.79 bits per heavy atom. The maximum absolute atomic E-state index is 12.6. The number of alkyl halides is 3. The van der Waals surface area contributed by atoms with Gasteiger partial charge < -0.3 is 15.7 Å². The number of anilines is 1. The van der Waals surface area contributed by atoms with Crippen LogP contribution in [-0.4, -0.2) is 45.9 Å². The van der Waals surface area contributed by atoms with Crippen molar-refractivity contribution in [2.45, 2.75) is 32.0 Å². The number of aromatic amines is 1. The van der Waals surface area contributed by atoms with Gasteiger partial charge in [0.2, 0.25) is 5.91 Å². The summed E-state index contributed by atoms with van der Waals surface area (Å²) in [4.78, 5) is 21.5. The molecule has 4 rings (SSSR count). The average Bonchev–Trinajstić information content (AvgIpc) is 3.16. The Morgan fingerprint density at radius 1 is 1.15 bits per heavy atom. The molecular weight excluding hydrogens is 496 g/mol. The van der Waals surface area contributed by atoms with Crippen LogP contribution >= 0.6 is 23.2 Å². The molecule has 2 atom stereocenters. The van der Waals surface area contributed by atoms with Crippen LogP contribution in [0.4, 0.5) is 19.0 Å². The van der Waals surface area contributed by atoms with Crippen molar-refractivity contribution in [1.29, 1.82) is 0 Å². The van der Waals surface area contributed by atoms with Crippen molar-refractivity contribution in [2.75, 3.05) is 11.9 Å². The lowest BCUT2D eigenvalue weighted by molar-refractivity contribution is -0.192. The molecule has 1 fully saturated rings. The van der Waals surface area contributed by atoms with Crippen molar-refractivity contribution in [3.63, 3.8) is 0 Å². The number of piperidine rings is 1. The van der Waals surface area contributed by atoms with Crippen LogP contribution in [0, 0.1) is 5.92 Å². The van der Waals surface area contributed by atoms with Crippen molar-refractivity contribution in [3.8, 4) is 11.1 Å². The molecule has 182 valence electrons. The van der Waals surface area contributed by atoms with Gasteiger partial charge in [-0.2, -0.15) is 18.3 Å². The van der Waals surface area contributed by atoms with Crippen LogP contribution in [-0.2, 0) is 9.59 Å². The fraction of sp³-hybridized carbons (Fsp3) is 0.318.